The normalized spacial score (nSPS) is 16.3. The topological polar surface area (TPSA) is 106 Å². The Kier molecular flexibility index (Phi) is 5.58. The van der Waals surface area contributed by atoms with Crippen LogP contribution in [0.2, 0.25) is 0 Å². The van der Waals surface area contributed by atoms with Crippen molar-refractivity contribution in [3.8, 4) is 11.5 Å². The molecule has 0 saturated carbocycles. The van der Waals surface area contributed by atoms with Crippen LogP contribution in [0.1, 0.15) is 11.3 Å². The van der Waals surface area contributed by atoms with E-state index in [1.165, 1.54) is 23.9 Å². The van der Waals surface area contributed by atoms with Crippen LogP contribution in [0.5, 0.6) is 11.5 Å². The third kappa shape index (κ3) is 4.63. The molecule has 0 unspecified atom stereocenters. The first-order valence-corrected chi connectivity index (χ1v) is 9.42. The van der Waals surface area contributed by atoms with Crippen LogP contribution in [0.4, 0.5) is 5.88 Å². The van der Waals surface area contributed by atoms with Gasteiger partial charge in [-0.3, -0.25) is 20.4 Å². The molecule has 3 heterocycles. The Hall–Kier alpha value is -3.18. The molecule has 10 nitrogen and oxygen atoms in total. The third-order valence-electron chi connectivity index (χ3n) is 4.65. The highest BCUT2D eigenvalue weighted by molar-refractivity contribution is 7.80. The van der Waals surface area contributed by atoms with Crippen molar-refractivity contribution in [2.75, 3.05) is 33.0 Å². The Morgan fingerprint density at radius 3 is 2.76 bits per heavy atom. The number of hydrogen-bond donors (Lipinski definition) is 1. The van der Waals surface area contributed by atoms with Crippen molar-refractivity contribution in [3.05, 3.63) is 51.8 Å². The van der Waals surface area contributed by atoms with Crippen molar-refractivity contribution in [2.45, 2.75) is 6.54 Å². The molecule has 0 aliphatic carbocycles. The van der Waals surface area contributed by atoms with E-state index in [-0.39, 0.29) is 18.4 Å². The van der Waals surface area contributed by atoms with Gasteiger partial charge in [0.25, 0.3) is 0 Å². The number of piperazine rings is 1. The Balaban J connectivity index is 1.23. The van der Waals surface area contributed by atoms with Gasteiger partial charge in [-0.25, -0.2) is 0 Å². The predicted octanol–water partition coefficient (Wildman–Crippen LogP) is 1.94. The lowest BCUT2D eigenvalue weighted by atomic mass is 10.1. The summed E-state index contributed by atoms with van der Waals surface area (Å²) in [7, 11) is 0. The molecule has 1 N–H and O–H groups in total. The number of thiocarbonyl (C=S) groups is 1. The monoisotopic (exact) mass is 417 g/mol. The average molecular weight is 417 g/mol. The standard InChI is InChI=1S/C18H19N5O5S/c24-23(25)17-4-2-14(28-17)10-19-20-18(29)22-7-5-21(6-8-22)11-13-1-3-15-16(9-13)27-12-26-15/h1-4,9-10H,5-8,11-12H2,(H,20,29)/b19-10+. The summed E-state index contributed by atoms with van der Waals surface area (Å²) in [6.07, 6.45) is 1.36. The van der Waals surface area contributed by atoms with E-state index in [4.69, 9.17) is 26.1 Å². The van der Waals surface area contributed by atoms with E-state index in [1.54, 1.807) is 0 Å². The molecule has 2 aliphatic heterocycles. The summed E-state index contributed by atoms with van der Waals surface area (Å²) in [6, 6.07) is 8.77. The number of nitrogens with one attached hydrogen (secondary N) is 1. The fourth-order valence-corrected chi connectivity index (χ4v) is 3.37. The number of furan rings is 1. The predicted molar refractivity (Wildman–Crippen MR) is 108 cm³/mol. The third-order valence-corrected chi connectivity index (χ3v) is 5.00. The van der Waals surface area contributed by atoms with Crippen LogP contribution in [0.25, 0.3) is 0 Å². The highest BCUT2D eigenvalue weighted by Gasteiger charge is 2.20. The van der Waals surface area contributed by atoms with Gasteiger partial charge in [0.1, 0.15) is 4.92 Å². The van der Waals surface area contributed by atoms with Gasteiger partial charge in [0.2, 0.25) is 6.79 Å². The van der Waals surface area contributed by atoms with Gasteiger partial charge in [-0.05, 0) is 36.0 Å². The van der Waals surface area contributed by atoms with Crippen molar-refractivity contribution in [1.29, 1.82) is 0 Å². The fourth-order valence-electron chi connectivity index (χ4n) is 3.14. The minimum atomic E-state index is -0.599. The van der Waals surface area contributed by atoms with E-state index in [9.17, 15) is 10.1 Å². The largest absolute Gasteiger partial charge is 0.454 e. The maximum Gasteiger partial charge on any atom is 0.433 e. The van der Waals surface area contributed by atoms with Crippen LogP contribution in [-0.2, 0) is 6.54 Å². The number of benzene rings is 1. The molecule has 2 aliphatic rings. The lowest BCUT2D eigenvalue weighted by molar-refractivity contribution is -0.402. The van der Waals surface area contributed by atoms with Gasteiger partial charge < -0.3 is 18.8 Å². The summed E-state index contributed by atoms with van der Waals surface area (Å²) in [5.41, 5.74) is 3.96. The van der Waals surface area contributed by atoms with Gasteiger partial charge in [-0.2, -0.15) is 5.10 Å². The number of ether oxygens (including phenoxy) is 2. The van der Waals surface area contributed by atoms with E-state index in [2.05, 4.69) is 21.5 Å². The zero-order valence-electron chi connectivity index (χ0n) is 15.4. The number of fused-ring (bicyclic) bond motifs is 1. The summed E-state index contributed by atoms with van der Waals surface area (Å²) < 4.78 is 15.8. The van der Waals surface area contributed by atoms with E-state index >= 15 is 0 Å². The van der Waals surface area contributed by atoms with Crippen molar-refractivity contribution < 1.29 is 18.8 Å². The molecule has 1 aromatic heterocycles. The van der Waals surface area contributed by atoms with Crippen LogP contribution in [0, 0.1) is 10.1 Å². The first-order chi connectivity index (χ1) is 14.1. The molecule has 11 heteroatoms. The zero-order chi connectivity index (χ0) is 20.2. The SMILES string of the molecule is O=[N+]([O-])c1ccc(/C=N/NC(=S)N2CCN(Cc3ccc4c(c3)OCO4)CC2)o1. The summed E-state index contributed by atoms with van der Waals surface area (Å²) in [5.74, 6) is 1.54. The van der Waals surface area contributed by atoms with Crippen LogP contribution >= 0.6 is 12.2 Å². The molecule has 0 radical (unpaired) electrons. The number of rotatable bonds is 5. The van der Waals surface area contributed by atoms with E-state index in [0.717, 1.165) is 44.2 Å². The van der Waals surface area contributed by atoms with E-state index in [0.29, 0.717) is 5.11 Å². The first kappa shape index (κ1) is 19.2. The Morgan fingerprint density at radius 1 is 1.21 bits per heavy atom. The number of hydrazone groups is 1. The molecule has 0 atom stereocenters. The second-order valence-corrected chi connectivity index (χ2v) is 6.95. The summed E-state index contributed by atoms with van der Waals surface area (Å²) in [6.45, 7) is 4.40. The fraction of sp³-hybridized carbons (Fsp3) is 0.333. The van der Waals surface area contributed by atoms with Crippen LogP contribution in [0.15, 0.2) is 39.9 Å². The molecule has 0 spiro atoms. The minimum absolute atomic E-state index is 0.278. The molecule has 152 valence electrons. The van der Waals surface area contributed by atoms with Gasteiger partial charge in [0.05, 0.1) is 12.3 Å². The number of nitro groups is 1. The molecule has 0 bridgehead atoms. The first-order valence-electron chi connectivity index (χ1n) is 9.01. The highest BCUT2D eigenvalue weighted by atomic mass is 32.1. The highest BCUT2D eigenvalue weighted by Crippen LogP contribution is 2.32. The van der Waals surface area contributed by atoms with E-state index < -0.39 is 4.92 Å². The summed E-state index contributed by atoms with van der Waals surface area (Å²) in [4.78, 5) is 14.4. The Bertz CT molecular complexity index is 938. The van der Waals surface area contributed by atoms with Crippen LogP contribution in [-0.4, -0.2) is 59.0 Å². The maximum atomic E-state index is 10.6. The molecular formula is C18H19N5O5S. The van der Waals surface area contributed by atoms with Crippen molar-refractivity contribution in [2.24, 2.45) is 5.10 Å². The van der Waals surface area contributed by atoms with Gasteiger partial charge in [-0.1, -0.05) is 6.07 Å². The van der Waals surface area contributed by atoms with E-state index in [1.807, 2.05) is 17.0 Å². The molecule has 0 amide bonds. The van der Waals surface area contributed by atoms with Crippen LogP contribution in [0.3, 0.4) is 0 Å². The van der Waals surface area contributed by atoms with Crippen LogP contribution < -0.4 is 14.9 Å². The number of nitrogens with zero attached hydrogens (tertiary/aromatic N) is 4. The van der Waals surface area contributed by atoms with Crippen molar-refractivity contribution >= 4 is 29.4 Å². The van der Waals surface area contributed by atoms with Gasteiger partial charge in [-0.15, -0.1) is 0 Å². The second kappa shape index (κ2) is 8.45. The minimum Gasteiger partial charge on any atom is -0.454 e. The molecular weight excluding hydrogens is 398 g/mol. The summed E-state index contributed by atoms with van der Waals surface area (Å²) >= 11 is 5.37. The molecule has 29 heavy (non-hydrogen) atoms. The lowest BCUT2D eigenvalue weighted by Gasteiger charge is -2.35. The zero-order valence-corrected chi connectivity index (χ0v) is 16.3. The smallest absolute Gasteiger partial charge is 0.433 e. The molecule has 1 saturated heterocycles. The lowest BCUT2D eigenvalue weighted by Crippen LogP contribution is -2.50. The van der Waals surface area contributed by atoms with Gasteiger partial charge >= 0.3 is 5.88 Å². The number of hydrogen-bond acceptors (Lipinski definition) is 8. The van der Waals surface area contributed by atoms with Gasteiger partial charge in [0.15, 0.2) is 22.4 Å². The maximum absolute atomic E-state index is 10.6. The molecule has 4 rings (SSSR count). The summed E-state index contributed by atoms with van der Waals surface area (Å²) in [5, 5.41) is 15.1. The quantitative estimate of drug-likeness (QED) is 0.338. The Morgan fingerprint density at radius 2 is 2.00 bits per heavy atom. The Labute approximate surface area is 171 Å². The molecule has 1 fully saturated rings. The van der Waals surface area contributed by atoms with Crippen molar-refractivity contribution in [1.82, 2.24) is 15.2 Å². The molecule has 2 aromatic rings. The van der Waals surface area contributed by atoms with Crippen molar-refractivity contribution in [3.63, 3.8) is 0 Å². The van der Waals surface area contributed by atoms with Gasteiger partial charge in [0, 0.05) is 32.7 Å². The second-order valence-electron chi connectivity index (χ2n) is 6.56. The average Bonchev–Trinajstić information content (AvgIpc) is 3.37. The molecule has 1 aromatic carbocycles.